The van der Waals surface area contributed by atoms with E-state index < -0.39 is 16.5 Å². The Morgan fingerprint density at radius 1 is 1.09 bits per heavy atom. The summed E-state index contributed by atoms with van der Waals surface area (Å²) in [5, 5.41) is 16.9. The highest BCUT2D eigenvalue weighted by Crippen LogP contribution is 2.60. The molecular formula is C29H25N3O3. The van der Waals surface area contributed by atoms with Crippen molar-refractivity contribution in [3.05, 3.63) is 76.5 Å². The van der Waals surface area contributed by atoms with Crippen LogP contribution in [0.4, 0.5) is 5.69 Å². The molecule has 0 saturated carbocycles. The number of fused-ring (bicyclic) bond motifs is 4. The summed E-state index contributed by atoms with van der Waals surface area (Å²) in [6.45, 7) is 4.71. The number of benzene rings is 2. The Morgan fingerprint density at radius 3 is 2.66 bits per heavy atom. The number of piperazine rings is 1. The number of allylic oxidation sites excluding steroid dienone is 1. The summed E-state index contributed by atoms with van der Waals surface area (Å²) in [5.41, 5.74) is 1.93. The van der Waals surface area contributed by atoms with Crippen molar-refractivity contribution in [2.45, 2.75) is 44.2 Å². The number of amides is 2. The molecule has 2 bridgehead atoms. The molecule has 5 aliphatic heterocycles. The average molecular weight is 464 g/mol. The third-order valence-corrected chi connectivity index (χ3v) is 8.87. The molecule has 3 unspecified atom stereocenters. The fourth-order valence-electron chi connectivity index (χ4n) is 7.23. The number of hydrogen-bond donors (Lipinski definition) is 1. The number of piperidine rings is 2. The van der Waals surface area contributed by atoms with Crippen LogP contribution in [0.5, 0.6) is 0 Å². The Balaban J connectivity index is 1.39. The van der Waals surface area contributed by atoms with Gasteiger partial charge in [-0.3, -0.25) is 9.59 Å². The molecule has 6 aliphatic rings. The molecule has 2 aromatic carbocycles. The number of hydrogen-bond acceptors (Lipinski definition) is 3. The first-order chi connectivity index (χ1) is 16.8. The van der Waals surface area contributed by atoms with Gasteiger partial charge in [-0.25, -0.2) is 0 Å². The summed E-state index contributed by atoms with van der Waals surface area (Å²) in [6, 6.07) is 15.4. The normalized spacial score (nSPS) is 31.1. The minimum atomic E-state index is -1.11. The molecule has 2 aromatic rings. The summed E-state index contributed by atoms with van der Waals surface area (Å²) in [5.74, 6) is 6.06. The van der Waals surface area contributed by atoms with Crippen LogP contribution in [0.25, 0.3) is 5.57 Å². The van der Waals surface area contributed by atoms with Crippen LogP contribution in [0.2, 0.25) is 0 Å². The van der Waals surface area contributed by atoms with Crippen molar-refractivity contribution in [1.29, 1.82) is 0 Å². The number of carbonyl (C=O) groups is 2. The molecule has 6 heteroatoms. The van der Waals surface area contributed by atoms with Crippen LogP contribution in [0.3, 0.4) is 0 Å². The minimum Gasteiger partial charge on any atom is -0.618 e. The van der Waals surface area contributed by atoms with Gasteiger partial charge in [-0.1, -0.05) is 30.0 Å². The van der Waals surface area contributed by atoms with Gasteiger partial charge in [0.2, 0.25) is 17.3 Å². The maximum Gasteiger partial charge on any atom is 0.253 e. The third kappa shape index (κ3) is 2.38. The van der Waals surface area contributed by atoms with Gasteiger partial charge in [0.05, 0.1) is 16.6 Å². The number of nitrogens with zero attached hydrogens (tertiary/aromatic N) is 2. The van der Waals surface area contributed by atoms with Crippen molar-refractivity contribution in [2.75, 3.05) is 6.54 Å². The van der Waals surface area contributed by atoms with Crippen LogP contribution in [0, 0.1) is 28.4 Å². The maximum absolute atomic E-state index is 13.9. The average Bonchev–Trinajstić information content (AvgIpc) is 3.40. The van der Waals surface area contributed by atoms with Crippen LogP contribution in [0.1, 0.15) is 49.8 Å². The Kier molecular flexibility index (Phi) is 3.77. The van der Waals surface area contributed by atoms with Crippen molar-refractivity contribution in [3.8, 4) is 11.8 Å². The predicted molar refractivity (Wildman–Crippen MR) is 132 cm³/mol. The molecule has 5 heterocycles. The van der Waals surface area contributed by atoms with Crippen molar-refractivity contribution in [2.24, 2.45) is 11.3 Å². The lowest BCUT2D eigenvalue weighted by Crippen LogP contribution is -2.83. The summed E-state index contributed by atoms with van der Waals surface area (Å²) < 4.78 is 1.03. The molecule has 0 radical (unpaired) electrons. The standard InChI is InChI=1S/C29H25N3O3/c1-27(2)23-17-28-13-6-14-31(28)26(34)29(23,30-25(28)33)16-21-20-12-11-19(15-22(20)32(35)24(21)27)10-9-18-7-4-3-5-8-18/h3-5,7-8,11-12,15-16,23H,6,13-14,17H2,1-2H3,(H,30,33). The smallest absolute Gasteiger partial charge is 0.253 e. The first kappa shape index (κ1) is 20.5. The van der Waals surface area contributed by atoms with Crippen molar-refractivity contribution < 1.29 is 14.3 Å². The maximum atomic E-state index is 13.9. The molecule has 8 rings (SSSR count). The first-order valence-corrected chi connectivity index (χ1v) is 12.2. The molecule has 1 aliphatic carbocycles. The van der Waals surface area contributed by atoms with Gasteiger partial charge in [0, 0.05) is 29.7 Å². The monoisotopic (exact) mass is 463 g/mol. The molecule has 0 aromatic heterocycles. The lowest BCUT2D eigenvalue weighted by atomic mass is 9.51. The molecule has 174 valence electrons. The van der Waals surface area contributed by atoms with Crippen molar-refractivity contribution in [3.63, 3.8) is 0 Å². The van der Waals surface area contributed by atoms with E-state index in [-0.39, 0.29) is 17.7 Å². The second kappa shape index (κ2) is 6.42. The van der Waals surface area contributed by atoms with Gasteiger partial charge in [0.1, 0.15) is 11.1 Å². The summed E-state index contributed by atoms with van der Waals surface area (Å²) in [7, 11) is 0. The highest BCUT2D eigenvalue weighted by molar-refractivity contribution is 6.30. The second-order valence-corrected chi connectivity index (χ2v) is 10.9. The molecule has 35 heavy (non-hydrogen) atoms. The first-order valence-electron chi connectivity index (χ1n) is 12.2. The van der Waals surface area contributed by atoms with Crippen LogP contribution < -0.4 is 5.32 Å². The number of carbonyl (C=O) groups excluding carboxylic acids is 2. The topological polar surface area (TPSA) is 75.5 Å². The molecule has 4 saturated heterocycles. The van der Waals surface area contributed by atoms with Gasteiger partial charge >= 0.3 is 0 Å². The Bertz CT molecular complexity index is 1480. The lowest BCUT2D eigenvalue weighted by molar-refractivity contribution is -0.362. The Hall–Kier alpha value is -3.85. The molecule has 2 amide bonds. The van der Waals surface area contributed by atoms with E-state index in [1.807, 2.05) is 73.4 Å². The highest BCUT2D eigenvalue weighted by atomic mass is 16.5. The van der Waals surface area contributed by atoms with Crippen molar-refractivity contribution >= 4 is 28.8 Å². The molecule has 1 N–H and O–H groups in total. The largest absolute Gasteiger partial charge is 0.618 e. The van der Waals surface area contributed by atoms with E-state index in [0.717, 1.165) is 33.4 Å². The van der Waals surface area contributed by atoms with Gasteiger partial charge in [-0.15, -0.1) is 0 Å². The summed E-state index contributed by atoms with van der Waals surface area (Å²) in [6.07, 6.45) is 3.98. The van der Waals surface area contributed by atoms with E-state index in [4.69, 9.17) is 0 Å². The van der Waals surface area contributed by atoms with Crippen LogP contribution in [0.15, 0.2) is 54.6 Å². The third-order valence-electron chi connectivity index (χ3n) is 8.87. The Morgan fingerprint density at radius 2 is 1.86 bits per heavy atom. The fourth-order valence-corrected chi connectivity index (χ4v) is 7.23. The van der Waals surface area contributed by atoms with Gasteiger partial charge < -0.3 is 15.4 Å². The van der Waals surface area contributed by atoms with Gasteiger partial charge in [0.15, 0.2) is 0 Å². The van der Waals surface area contributed by atoms with Gasteiger partial charge in [-0.2, -0.15) is 4.74 Å². The van der Waals surface area contributed by atoms with E-state index >= 15 is 0 Å². The predicted octanol–water partition coefficient (Wildman–Crippen LogP) is 3.36. The van der Waals surface area contributed by atoms with Crippen LogP contribution >= 0.6 is 0 Å². The minimum absolute atomic E-state index is 0.0262. The van der Waals surface area contributed by atoms with Gasteiger partial charge in [0.25, 0.3) is 5.91 Å². The summed E-state index contributed by atoms with van der Waals surface area (Å²) in [4.78, 5) is 28.9. The van der Waals surface area contributed by atoms with E-state index in [1.54, 1.807) is 0 Å². The SMILES string of the molecule is CC1(C)C2=[N+]([O-])c3cc(C#Cc4ccccc4)ccc3C2=CC23NC(=O)C4(CCCN4C2=O)CC13. The van der Waals surface area contributed by atoms with Crippen LogP contribution in [-0.4, -0.2) is 44.8 Å². The molecule has 6 nitrogen and oxygen atoms in total. The Labute approximate surface area is 203 Å². The zero-order valence-electron chi connectivity index (χ0n) is 19.7. The molecular weight excluding hydrogens is 438 g/mol. The molecule has 2 spiro atoms. The van der Waals surface area contributed by atoms with E-state index in [9.17, 15) is 14.8 Å². The number of nitrogens with one attached hydrogen (secondary N) is 1. The van der Waals surface area contributed by atoms with E-state index in [1.165, 1.54) is 0 Å². The van der Waals surface area contributed by atoms with Gasteiger partial charge in [-0.05, 0) is 63.5 Å². The number of rotatable bonds is 0. The summed E-state index contributed by atoms with van der Waals surface area (Å²) >= 11 is 0. The second-order valence-electron chi connectivity index (χ2n) is 10.9. The molecule has 4 fully saturated rings. The lowest BCUT2D eigenvalue weighted by Gasteiger charge is -2.62. The quantitative estimate of drug-likeness (QED) is 0.370. The fraction of sp³-hybridized carbons (Fsp3) is 0.345. The zero-order valence-corrected chi connectivity index (χ0v) is 19.7. The van der Waals surface area contributed by atoms with Crippen LogP contribution in [-0.2, 0) is 9.59 Å². The van der Waals surface area contributed by atoms with Crippen molar-refractivity contribution in [1.82, 2.24) is 10.2 Å². The molecule has 3 atom stereocenters. The van der Waals surface area contributed by atoms with E-state index in [0.29, 0.717) is 30.8 Å². The highest BCUT2D eigenvalue weighted by Gasteiger charge is 2.73. The zero-order chi connectivity index (χ0) is 24.2. The van der Waals surface area contributed by atoms with E-state index in [2.05, 4.69) is 17.2 Å².